The molecule has 164 valence electrons. The summed E-state index contributed by atoms with van der Waals surface area (Å²) in [4.78, 5) is 22.5. The Morgan fingerprint density at radius 3 is 2.81 bits per heavy atom. The largest absolute Gasteiger partial charge is 0.417 e. The molecule has 3 aromatic heterocycles. The second kappa shape index (κ2) is 8.64. The lowest BCUT2D eigenvalue weighted by Gasteiger charge is -2.32. The number of alkyl halides is 3. The van der Waals surface area contributed by atoms with Gasteiger partial charge in [-0.05, 0) is 56.4 Å². The number of hydrogen-bond donors (Lipinski definition) is 0. The molecule has 0 spiro atoms. The summed E-state index contributed by atoms with van der Waals surface area (Å²) < 4.78 is 46.1. The molecule has 1 aliphatic rings. The minimum Gasteiger partial charge on any atom is -0.342 e. The van der Waals surface area contributed by atoms with E-state index in [-0.39, 0.29) is 34.3 Å². The average Bonchev–Trinajstić information content (AvgIpc) is 3.17. The maximum absolute atomic E-state index is 13.6. The summed E-state index contributed by atoms with van der Waals surface area (Å²) in [5.41, 5.74) is 0.687. The van der Waals surface area contributed by atoms with Gasteiger partial charge >= 0.3 is 6.18 Å². The molecule has 0 aromatic carbocycles. The molecule has 0 bridgehead atoms. The quantitative estimate of drug-likeness (QED) is 0.586. The zero-order valence-corrected chi connectivity index (χ0v) is 17.2. The van der Waals surface area contributed by atoms with Gasteiger partial charge in [0, 0.05) is 43.5 Å². The number of amides is 1. The van der Waals surface area contributed by atoms with Crippen LogP contribution in [0.25, 0.3) is 11.1 Å². The van der Waals surface area contributed by atoms with Gasteiger partial charge in [-0.3, -0.25) is 9.78 Å². The zero-order chi connectivity index (χ0) is 22.0. The number of piperidine rings is 1. The van der Waals surface area contributed by atoms with Gasteiger partial charge in [0.25, 0.3) is 5.71 Å². The molecule has 9 heteroatoms. The Morgan fingerprint density at radius 1 is 1.29 bits per heavy atom. The van der Waals surface area contributed by atoms with Crippen LogP contribution in [0.4, 0.5) is 13.2 Å². The molecule has 0 aliphatic carbocycles. The maximum Gasteiger partial charge on any atom is 0.417 e. The second-order valence-electron chi connectivity index (χ2n) is 7.94. The van der Waals surface area contributed by atoms with E-state index in [0.29, 0.717) is 38.8 Å². The van der Waals surface area contributed by atoms with Gasteiger partial charge in [0.1, 0.15) is 0 Å². The van der Waals surface area contributed by atoms with Gasteiger partial charge < -0.3 is 9.42 Å². The normalized spacial score (nSPS) is 17.3. The highest BCUT2D eigenvalue weighted by Crippen LogP contribution is 2.40. The molecule has 31 heavy (non-hydrogen) atoms. The molecular formula is C22H23F3N4O2. The van der Waals surface area contributed by atoms with Gasteiger partial charge in [0.2, 0.25) is 5.91 Å². The van der Waals surface area contributed by atoms with Gasteiger partial charge in [-0.2, -0.15) is 13.2 Å². The van der Waals surface area contributed by atoms with E-state index in [0.717, 1.165) is 18.1 Å². The number of hydrogen-bond acceptors (Lipinski definition) is 5. The number of carbonyl (C=O) groups is 1. The highest BCUT2D eigenvalue weighted by atomic mass is 19.4. The summed E-state index contributed by atoms with van der Waals surface area (Å²) in [6, 6.07) is 4.87. The first kappa shape index (κ1) is 21.3. The van der Waals surface area contributed by atoms with Crippen LogP contribution in [-0.4, -0.2) is 39.0 Å². The van der Waals surface area contributed by atoms with Gasteiger partial charge in [-0.25, -0.2) is 4.98 Å². The first-order chi connectivity index (χ1) is 14.8. The predicted octanol–water partition coefficient (Wildman–Crippen LogP) is 4.67. The first-order valence-corrected chi connectivity index (χ1v) is 10.3. The Hall–Kier alpha value is -2.97. The smallest absolute Gasteiger partial charge is 0.342 e. The van der Waals surface area contributed by atoms with Crippen LogP contribution < -0.4 is 0 Å². The van der Waals surface area contributed by atoms with Crippen molar-refractivity contribution in [1.29, 1.82) is 0 Å². The van der Waals surface area contributed by atoms with Crippen LogP contribution in [0.3, 0.4) is 0 Å². The summed E-state index contributed by atoms with van der Waals surface area (Å²) >= 11 is 0. The first-order valence-electron chi connectivity index (χ1n) is 10.3. The standard InChI is InChI=1S/C22H23F3N4O2/c1-14-12-17(22(23,24)25)19-20(28-31-21(19)27-14)16-5-3-11-29(13-16)18(30)6-2-4-15-7-9-26-10-8-15/h7-10,12,16H,2-6,11,13H2,1H3. The predicted molar refractivity (Wildman–Crippen MR) is 107 cm³/mol. The van der Waals surface area contributed by atoms with Gasteiger partial charge in [0.05, 0.1) is 16.6 Å². The number of rotatable bonds is 5. The third-order valence-corrected chi connectivity index (χ3v) is 5.67. The van der Waals surface area contributed by atoms with Crippen molar-refractivity contribution >= 4 is 17.0 Å². The Labute approximate surface area is 177 Å². The third kappa shape index (κ3) is 4.70. The summed E-state index contributed by atoms with van der Waals surface area (Å²) in [6.45, 7) is 2.43. The lowest BCUT2D eigenvalue weighted by molar-refractivity contribution is -0.136. The van der Waals surface area contributed by atoms with E-state index in [2.05, 4.69) is 15.1 Å². The summed E-state index contributed by atoms with van der Waals surface area (Å²) in [6.07, 6.45) is 2.13. The molecule has 1 amide bonds. The van der Waals surface area contributed by atoms with Crippen molar-refractivity contribution < 1.29 is 22.5 Å². The third-order valence-electron chi connectivity index (χ3n) is 5.67. The lowest BCUT2D eigenvalue weighted by Crippen LogP contribution is -2.39. The maximum atomic E-state index is 13.6. The summed E-state index contributed by atoms with van der Waals surface area (Å²) in [5, 5.41) is 3.86. The molecular weight excluding hydrogens is 409 g/mol. The molecule has 0 radical (unpaired) electrons. The van der Waals surface area contributed by atoms with Crippen LogP contribution in [-0.2, 0) is 17.4 Å². The van der Waals surface area contributed by atoms with Crippen LogP contribution in [0.1, 0.15) is 54.1 Å². The zero-order valence-electron chi connectivity index (χ0n) is 17.2. The van der Waals surface area contributed by atoms with Crippen LogP contribution >= 0.6 is 0 Å². The number of fused-ring (bicyclic) bond motifs is 1. The molecule has 4 heterocycles. The molecule has 1 aliphatic heterocycles. The van der Waals surface area contributed by atoms with Crippen molar-refractivity contribution in [3.05, 3.63) is 53.1 Å². The summed E-state index contributed by atoms with van der Waals surface area (Å²) in [5.74, 6) is -0.304. The minimum absolute atomic E-state index is 0.0107. The molecule has 1 fully saturated rings. The molecule has 3 aromatic rings. The molecule has 0 saturated carbocycles. The highest BCUT2D eigenvalue weighted by molar-refractivity contribution is 5.82. The van der Waals surface area contributed by atoms with Crippen molar-refractivity contribution in [2.75, 3.05) is 13.1 Å². The number of carbonyl (C=O) groups excluding carboxylic acids is 1. The molecule has 0 N–H and O–H groups in total. The average molecular weight is 432 g/mol. The Balaban J connectivity index is 1.48. The van der Waals surface area contributed by atoms with Gasteiger partial charge in [-0.1, -0.05) is 5.16 Å². The lowest BCUT2D eigenvalue weighted by atomic mass is 9.91. The fraction of sp³-hybridized carbons (Fsp3) is 0.455. The van der Waals surface area contributed by atoms with E-state index in [1.807, 2.05) is 12.1 Å². The molecule has 1 atom stereocenters. The van der Waals surface area contributed by atoms with E-state index in [1.54, 1.807) is 17.3 Å². The van der Waals surface area contributed by atoms with Gasteiger partial charge in [-0.15, -0.1) is 0 Å². The fourth-order valence-corrected chi connectivity index (χ4v) is 4.18. The number of likely N-dealkylation sites (tertiary alicyclic amines) is 1. The number of aryl methyl sites for hydroxylation is 2. The van der Waals surface area contributed by atoms with Crippen molar-refractivity contribution in [1.82, 2.24) is 20.0 Å². The number of halogens is 3. The van der Waals surface area contributed by atoms with Crippen LogP contribution in [0.2, 0.25) is 0 Å². The van der Waals surface area contributed by atoms with Crippen LogP contribution in [0, 0.1) is 6.92 Å². The summed E-state index contributed by atoms with van der Waals surface area (Å²) in [7, 11) is 0. The topological polar surface area (TPSA) is 72.1 Å². The second-order valence-corrected chi connectivity index (χ2v) is 7.94. The van der Waals surface area contributed by atoms with E-state index < -0.39 is 11.7 Å². The fourth-order valence-electron chi connectivity index (χ4n) is 4.18. The Kier molecular flexibility index (Phi) is 5.93. The Bertz CT molecular complexity index is 1070. The SMILES string of the molecule is Cc1cc(C(F)(F)F)c2c(C3CCCN(C(=O)CCCc4ccncc4)C3)noc2n1. The van der Waals surface area contributed by atoms with Crippen molar-refractivity contribution in [2.45, 2.75) is 51.1 Å². The molecule has 1 saturated heterocycles. The van der Waals surface area contributed by atoms with E-state index in [4.69, 9.17) is 4.52 Å². The Morgan fingerprint density at radius 2 is 2.06 bits per heavy atom. The van der Waals surface area contributed by atoms with E-state index in [1.165, 1.54) is 6.92 Å². The number of aromatic nitrogens is 3. The number of nitrogens with zero attached hydrogens (tertiary/aromatic N) is 4. The van der Waals surface area contributed by atoms with Crippen molar-refractivity contribution in [2.24, 2.45) is 0 Å². The van der Waals surface area contributed by atoms with Crippen LogP contribution in [0.5, 0.6) is 0 Å². The van der Waals surface area contributed by atoms with E-state index in [9.17, 15) is 18.0 Å². The van der Waals surface area contributed by atoms with Crippen molar-refractivity contribution in [3.8, 4) is 0 Å². The molecule has 6 nitrogen and oxygen atoms in total. The highest BCUT2D eigenvalue weighted by Gasteiger charge is 2.38. The monoisotopic (exact) mass is 432 g/mol. The minimum atomic E-state index is -4.54. The van der Waals surface area contributed by atoms with Gasteiger partial charge in [0.15, 0.2) is 0 Å². The molecule has 4 rings (SSSR count). The molecule has 1 unspecified atom stereocenters. The van der Waals surface area contributed by atoms with Crippen LogP contribution in [0.15, 0.2) is 35.1 Å². The van der Waals surface area contributed by atoms with E-state index >= 15 is 0 Å². The van der Waals surface area contributed by atoms with Crippen molar-refractivity contribution in [3.63, 3.8) is 0 Å². The number of pyridine rings is 2.